The van der Waals surface area contributed by atoms with Crippen LogP contribution in [0.3, 0.4) is 0 Å². The molecule has 0 spiro atoms. The van der Waals surface area contributed by atoms with Crippen molar-refractivity contribution in [1.82, 2.24) is 0 Å². The third kappa shape index (κ3) is 3.87. The number of carbonyl (C=O) groups is 1. The first-order valence-corrected chi connectivity index (χ1v) is 7.42. The lowest BCUT2D eigenvalue weighted by Gasteiger charge is -2.07. The molecule has 0 saturated heterocycles. The van der Waals surface area contributed by atoms with Crippen LogP contribution in [0.4, 0.5) is 0 Å². The number of para-hydroxylation sites is 1. The zero-order valence-electron chi connectivity index (χ0n) is 13.3. The van der Waals surface area contributed by atoms with Crippen LogP contribution in [0, 0.1) is 17.3 Å². The third-order valence-electron chi connectivity index (χ3n) is 4.02. The molecule has 0 N–H and O–H groups in total. The van der Waals surface area contributed by atoms with Crippen LogP contribution < -0.4 is 4.74 Å². The highest BCUT2D eigenvalue weighted by Gasteiger charge is 2.61. The number of rotatable bonds is 6. The average molecular weight is 288 g/mol. The second-order valence-electron chi connectivity index (χ2n) is 6.40. The fraction of sp³-hybridized carbons (Fsp3) is 0.500. The number of ether oxygens (including phenoxy) is 2. The van der Waals surface area contributed by atoms with Gasteiger partial charge in [0.1, 0.15) is 19.0 Å². The Kier molecular flexibility index (Phi) is 4.71. The summed E-state index contributed by atoms with van der Waals surface area (Å²) in [6.45, 7) is 9.03. The first-order chi connectivity index (χ1) is 9.93. The summed E-state index contributed by atoms with van der Waals surface area (Å²) < 4.78 is 10.9. The minimum absolute atomic E-state index is 0.00857. The number of carbonyl (C=O) groups excluding carboxylic acids is 1. The summed E-state index contributed by atoms with van der Waals surface area (Å²) in [6.07, 6.45) is 2.17. The summed E-state index contributed by atoms with van der Waals surface area (Å²) in [5.74, 6) is 0.955. The third-order valence-corrected chi connectivity index (χ3v) is 4.02. The van der Waals surface area contributed by atoms with E-state index in [4.69, 9.17) is 9.47 Å². The van der Waals surface area contributed by atoms with Gasteiger partial charge >= 0.3 is 5.97 Å². The number of esters is 1. The van der Waals surface area contributed by atoms with E-state index in [1.165, 1.54) is 5.57 Å². The normalized spacial score (nSPS) is 22.3. The predicted octanol–water partition coefficient (Wildman–Crippen LogP) is 3.85. The lowest BCUT2D eigenvalue weighted by Crippen LogP contribution is -2.15. The molecule has 2 rings (SSSR count). The maximum atomic E-state index is 12.1. The molecular weight excluding hydrogens is 264 g/mol. The first kappa shape index (κ1) is 15.6. The van der Waals surface area contributed by atoms with Crippen molar-refractivity contribution in [2.24, 2.45) is 17.3 Å². The van der Waals surface area contributed by atoms with Crippen LogP contribution in [0.25, 0.3) is 0 Å². The molecule has 1 aliphatic carbocycles. The summed E-state index contributed by atoms with van der Waals surface area (Å²) in [6, 6.07) is 9.54. The molecule has 0 amide bonds. The molecule has 3 nitrogen and oxygen atoms in total. The van der Waals surface area contributed by atoms with E-state index in [0.717, 1.165) is 5.75 Å². The molecule has 1 aromatic rings. The summed E-state index contributed by atoms with van der Waals surface area (Å²) in [5, 5.41) is 0. The Morgan fingerprint density at radius 2 is 1.86 bits per heavy atom. The van der Waals surface area contributed by atoms with Gasteiger partial charge < -0.3 is 9.47 Å². The number of hydrogen-bond acceptors (Lipinski definition) is 3. The molecule has 0 heterocycles. The second-order valence-corrected chi connectivity index (χ2v) is 6.40. The van der Waals surface area contributed by atoms with E-state index in [0.29, 0.717) is 19.1 Å². The smallest absolute Gasteiger partial charge is 0.310 e. The lowest BCUT2D eigenvalue weighted by molar-refractivity contribution is -0.146. The minimum atomic E-state index is -0.112. The largest absolute Gasteiger partial charge is 0.490 e. The maximum absolute atomic E-state index is 12.1. The molecule has 0 bridgehead atoms. The highest BCUT2D eigenvalue weighted by Crippen LogP contribution is 2.59. The highest BCUT2D eigenvalue weighted by atomic mass is 16.6. The van der Waals surface area contributed by atoms with Gasteiger partial charge in [0.25, 0.3) is 0 Å². The highest BCUT2D eigenvalue weighted by molar-refractivity contribution is 5.78. The molecule has 114 valence electrons. The summed E-state index contributed by atoms with van der Waals surface area (Å²) in [7, 11) is 0. The van der Waals surface area contributed by atoms with Gasteiger partial charge in [-0.3, -0.25) is 4.79 Å². The van der Waals surface area contributed by atoms with Crippen LogP contribution in [0.2, 0.25) is 0 Å². The van der Waals surface area contributed by atoms with E-state index >= 15 is 0 Å². The quantitative estimate of drug-likeness (QED) is 0.453. The van der Waals surface area contributed by atoms with E-state index < -0.39 is 0 Å². The van der Waals surface area contributed by atoms with Crippen LogP contribution in [0.5, 0.6) is 5.75 Å². The molecule has 21 heavy (non-hydrogen) atoms. The van der Waals surface area contributed by atoms with Crippen LogP contribution in [0.15, 0.2) is 42.0 Å². The van der Waals surface area contributed by atoms with Gasteiger partial charge in [-0.1, -0.05) is 43.7 Å². The van der Waals surface area contributed by atoms with E-state index in [-0.39, 0.29) is 17.3 Å². The monoisotopic (exact) mass is 288 g/mol. The SMILES string of the molecule is CC(C)=CC1C(C(=O)OCCOc2ccccc2)C1(C)C. The molecule has 1 fully saturated rings. The summed E-state index contributed by atoms with van der Waals surface area (Å²) >= 11 is 0. The molecule has 1 saturated carbocycles. The molecule has 2 unspecified atom stereocenters. The van der Waals surface area contributed by atoms with Crippen LogP contribution in [-0.4, -0.2) is 19.2 Å². The van der Waals surface area contributed by atoms with Crippen LogP contribution in [0.1, 0.15) is 27.7 Å². The van der Waals surface area contributed by atoms with Gasteiger partial charge in [0, 0.05) is 0 Å². The average Bonchev–Trinajstić information content (AvgIpc) is 2.96. The molecule has 0 aromatic heterocycles. The predicted molar refractivity (Wildman–Crippen MR) is 83.1 cm³/mol. The topological polar surface area (TPSA) is 35.5 Å². The van der Waals surface area contributed by atoms with Gasteiger partial charge in [-0.2, -0.15) is 0 Å². The molecule has 0 aliphatic heterocycles. The second kappa shape index (κ2) is 6.33. The van der Waals surface area contributed by atoms with Crippen molar-refractivity contribution in [1.29, 1.82) is 0 Å². The minimum Gasteiger partial charge on any atom is -0.490 e. The van der Waals surface area contributed by atoms with Gasteiger partial charge in [0.15, 0.2) is 0 Å². The Hall–Kier alpha value is -1.77. The lowest BCUT2D eigenvalue weighted by atomic mass is 10.1. The van der Waals surface area contributed by atoms with Crippen molar-refractivity contribution < 1.29 is 14.3 Å². The zero-order valence-corrected chi connectivity index (χ0v) is 13.3. The van der Waals surface area contributed by atoms with E-state index in [1.807, 2.05) is 30.3 Å². The van der Waals surface area contributed by atoms with Crippen LogP contribution in [-0.2, 0) is 9.53 Å². The van der Waals surface area contributed by atoms with Crippen molar-refractivity contribution >= 4 is 5.97 Å². The van der Waals surface area contributed by atoms with E-state index in [9.17, 15) is 4.79 Å². The first-order valence-electron chi connectivity index (χ1n) is 7.42. The Labute approximate surface area is 127 Å². The Morgan fingerprint density at radius 1 is 1.19 bits per heavy atom. The Morgan fingerprint density at radius 3 is 2.48 bits per heavy atom. The van der Waals surface area contributed by atoms with Gasteiger partial charge in [0.05, 0.1) is 5.92 Å². The van der Waals surface area contributed by atoms with Crippen molar-refractivity contribution in [2.45, 2.75) is 27.7 Å². The van der Waals surface area contributed by atoms with Crippen molar-refractivity contribution in [3.63, 3.8) is 0 Å². The molecular formula is C18H24O3. The zero-order chi connectivity index (χ0) is 15.5. The van der Waals surface area contributed by atoms with Crippen molar-refractivity contribution in [2.75, 3.05) is 13.2 Å². The Bertz CT molecular complexity index is 513. The van der Waals surface area contributed by atoms with Gasteiger partial charge in [-0.25, -0.2) is 0 Å². The maximum Gasteiger partial charge on any atom is 0.310 e. The van der Waals surface area contributed by atoms with Crippen LogP contribution >= 0.6 is 0 Å². The molecule has 3 heteroatoms. The number of allylic oxidation sites excluding steroid dienone is 2. The fourth-order valence-corrected chi connectivity index (χ4v) is 2.71. The fourth-order valence-electron chi connectivity index (χ4n) is 2.71. The standard InChI is InChI=1S/C18H24O3/c1-13(2)12-15-16(18(15,3)4)17(19)21-11-10-20-14-8-6-5-7-9-14/h5-9,12,15-16H,10-11H2,1-4H3. The van der Waals surface area contributed by atoms with Gasteiger partial charge in [-0.05, 0) is 37.3 Å². The van der Waals surface area contributed by atoms with Crippen molar-refractivity contribution in [3.05, 3.63) is 42.0 Å². The van der Waals surface area contributed by atoms with E-state index in [2.05, 4.69) is 33.8 Å². The number of hydrogen-bond donors (Lipinski definition) is 0. The number of benzene rings is 1. The van der Waals surface area contributed by atoms with E-state index in [1.54, 1.807) is 0 Å². The molecule has 0 radical (unpaired) electrons. The molecule has 1 aromatic carbocycles. The Balaban J connectivity index is 1.74. The summed E-state index contributed by atoms with van der Waals surface area (Å²) in [4.78, 5) is 12.1. The summed E-state index contributed by atoms with van der Waals surface area (Å²) in [5.41, 5.74) is 1.25. The molecule has 2 atom stereocenters. The van der Waals surface area contributed by atoms with Gasteiger partial charge in [-0.15, -0.1) is 0 Å². The molecule has 1 aliphatic rings. The van der Waals surface area contributed by atoms with Crippen molar-refractivity contribution in [3.8, 4) is 5.75 Å². The van der Waals surface area contributed by atoms with Gasteiger partial charge in [0.2, 0.25) is 0 Å².